The quantitative estimate of drug-likeness (QED) is 0.658. The molecule has 1 aliphatic rings. The smallest absolute Gasteiger partial charge is 0.356 e. The molecule has 0 fully saturated rings. The summed E-state index contributed by atoms with van der Waals surface area (Å²) in [5, 5.41) is -0.0539. The molecule has 1 aromatic rings. The van der Waals surface area contributed by atoms with Gasteiger partial charge >= 0.3 is 7.60 Å². The molecule has 0 radical (unpaired) electrons. The van der Waals surface area contributed by atoms with E-state index in [0.29, 0.717) is 24.7 Å². The molecule has 2 N–H and O–H groups in total. The van der Waals surface area contributed by atoms with Crippen LogP contribution in [0.3, 0.4) is 0 Å². The van der Waals surface area contributed by atoms with Crippen molar-refractivity contribution in [2.45, 2.75) is 0 Å². The summed E-state index contributed by atoms with van der Waals surface area (Å²) in [5.74, 6) is 0.908. The van der Waals surface area contributed by atoms with E-state index in [9.17, 15) is 4.57 Å². The van der Waals surface area contributed by atoms with Crippen molar-refractivity contribution in [2.75, 3.05) is 13.2 Å². The van der Waals surface area contributed by atoms with Gasteiger partial charge in [0.25, 0.3) is 0 Å². The number of rotatable bonds is 1. The van der Waals surface area contributed by atoms with Gasteiger partial charge in [-0.15, -0.1) is 0 Å². The SMILES string of the molecule is O=P(O)(O)c1ccc2c(c1)OCCO2. The summed E-state index contributed by atoms with van der Waals surface area (Å²) in [5.41, 5.74) is 0. The van der Waals surface area contributed by atoms with Crippen molar-refractivity contribution < 1.29 is 23.8 Å². The monoisotopic (exact) mass is 216 g/mol. The van der Waals surface area contributed by atoms with E-state index >= 15 is 0 Å². The highest BCUT2D eigenvalue weighted by molar-refractivity contribution is 7.60. The lowest BCUT2D eigenvalue weighted by atomic mass is 10.3. The predicted octanol–water partition coefficient (Wildman–Crippen LogP) is 0.261. The van der Waals surface area contributed by atoms with E-state index in [2.05, 4.69) is 0 Å². The van der Waals surface area contributed by atoms with Crippen LogP contribution in [-0.4, -0.2) is 23.0 Å². The van der Waals surface area contributed by atoms with E-state index in [-0.39, 0.29) is 5.30 Å². The van der Waals surface area contributed by atoms with Gasteiger partial charge in [-0.2, -0.15) is 0 Å². The number of fused-ring (bicyclic) bond motifs is 1. The third kappa shape index (κ3) is 1.75. The summed E-state index contributed by atoms with van der Waals surface area (Å²) in [4.78, 5) is 17.8. The van der Waals surface area contributed by atoms with E-state index in [4.69, 9.17) is 19.3 Å². The van der Waals surface area contributed by atoms with Gasteiger partial charge in [0.1, 0.15) is 13.2 Å². The minimum Gasteiger partial charge on any atom is -0.486 e. The second-order valence-corrected chi connectivity index (χ2v) is 4.48. The lowest BCUT2D eigenvalue weighted by Crippen LogP contribution is -2.17. The van der Waals surface area contributed by atoms with E-state index in [1.54, 1.807) is 0 Å². The van der Waals surface area contributed by atoms with Crippen molar-refractivity contribution in [2.24, 2.45) is 0 Å². The fraction of sp³-hybridized carbons (Fsp3) is 0.250. The maximum absolute atomic E-state index is 10.9. The first-order valence-corrected chi connectivity index (χ1v) is 5.64. The summed E-state index contributed by atoms with van der Waals surface area (Å²) >= 11 is 0. The number of ether oxygens (including phenoxy) is 2. The van der Waals surface area contributed by atoms with Crippen molar-refractivity contribution in [1.29, 1.82) is 0 Å². The van der Waals surface area contributed by atoms with Crippen molar-refractivity contribution in [3.8, 4) is 11.5 Å². The Kier molecular flexibility index (Phi) is 2.23. The standard InChI is InChI=1S/C8H9O5P/c9-14(10,11)6-1-2-7-8(5-6)13-4-3-12-7/h1-2,5H,3-4H2,(H2,9,10,11). The zero-order valence-corrected chi connectivity index (χ0v) is 8.11. The Morgan fingerprint density at radius 1 is 1.14 bits per heavy atom. The van der Waals surface area contributed by atoms with Gasteiger partial charge in [0.05, 0.1) is 5.30 Å². The Morgan fingerprint density at radius 2 is 1.79 bits per heavy atom. The number of hydrogen-bond donors (Lipinski definition) is 2. The van der Waals surface area contributed by atoms with Crippen LogP contribution >= 0.6 is 7.60 Å². The minimum atomic E-state index is -4.20. The van der Waals surface area contributed by atoms with Gasteiger partial charge in [-0.1, -0.05) is 0 Å². The van der Waals surface area contributed by atoms with Crippen LogP contribution < -0.4 is 14.8 Å². The molecule has 0 bridgehead atoms. The highest BCUT2D eigenvalue weighted by Crippen LogP contribution is 2.37. The van der Waals surface area contributed by atoms with Gasteiger partial charge in [0, 0.05) is 0 Å². The molecule has 0 atom stereocenters. The first kappa shape index (κ1) is 9.52. The molecular weight excluding hydrogens is 207 g/mol. The molecule has 1 heterocycles. The van der Waals surface area contributed by atoms with Crippen LogP contribution in [-0.2, 0) is 4.57 Å². The van der Waals surface area contributed by atoms with Crippen LogP contribution in [0, 0.1) is 0 Å². The van der Waals surface area contributed by atoms with Crippen LogP contribution in [0.5, 0.6) is 11.5 Å². The summed E-state index contributed by atoms with van der Waals surface area (Å²) in [6.45, 7) is 0.861. The Balaban J connectivity index is 2.44. The van der Waals surface area contributed by atoms with Crippen LogP contribution in [0.1, 0.15) is 0 Å². The number of hydrogen-bond acceptors (Lipinski definition) is 3. The second-order valence-electron chi connectivity index (χ2n) is 2.87. The van der Waals surface area contributed by atoms with Crippen molar-refractivity contribution >= 4 is 12.9 Å². The topological polar surface area (TPSA) is 76.0 Å². The maximum Gasteiger partial charge on any atom is 0.356 e. The van der Waals surface area contributed by atoms with Gasteiger partial charge in [-0.25, -0.2) is 0 Å². The fourth-order valence-electron chi connectivity index (χ4n) is 1.21. The van der Waals surface area contributed by atoms with Crippen LogP contribution in [0.2, 0.25) is 0 Å². The fourth-order valence-corrected chi connectivity index (χ4v) is 1.77. The largest absolute Gasteiger partial charge is 0.486 e. The Hall–Kier alpha value is -1.03. The molecule has 14 heavy (non-hydrogen) atoms. The Morgan fingerprint density at radius 3 is 2.43 bits per heavy atom. The van der Waals surface area contributed by atoms with Gasteiger partial charge in [0.15, 0.2) is 11.5 Å². The van der Waals surface area contributed by atoms with Crippen molar-refractivity contribution in [1.82, 2.24) is 0 Å². The molecular formula is C8H9O5P. The number of benzene rings is 1. The molecule has 0 spiro atoms. The minimum absolute atomic E-state index is 0.0539. The predicted molar refractivity (Wildman–Crippen MR) is 49.1 cm³/mol. The summed E-state index contributed by atoms with van der Waals surface area (Å²) < 4.78 is 21.3. The molecule has 0 amide bonds. The van der Waals surface area contributed by atoms with Crippen LogP contribution in [0.25, 0.3) is 0 Å². The van der Waals surface area contributed by atoms with Crippen LogP contribution in [0.4, 0.5) is 0 Å². The molecule has 76 valence electrons. The molecule has 0 aromatic heterocycles. The van der Waals surface area contributed by atoms with E-state index in [0.717, 1.165) is 0 Å². The maximum atomic E-state index is 10.9. The molecule has 1 aromatic carbocycles. The van der Waals surface area contributed by atoms with Crippen LogP contribution in [0.15, 0.2) is 18.2 Å². The van der Waals surface area contributed by atoms with Gasteiger partial charge in [-0.3, -0.25) is 4.57 Å². The van der Waals surface area contributed by atoms with Gasteiger partial charge in [-0.05, 0) is 18.2 Å². The zero-order chi connectivity index (χ0) is 10.2. The summed E-state index contributed by atoms with van der Waals surface area (Å²) in [6.07, 6.45) is 0. The first-order chi connectivity index (χ1) is 6.57. The Bertz CT molecular complexity index is 397. The zero-order valence-electron chi connectivity index (χ0n) is 7.21. The lowest BCUT2D eigenvalue weighted by molar-refractivity contribution is 0.171. The average Bonchev–Trinajstić information content (AvgIpc) is 2.16. The Labute approximate surface area is 80.4 Å². The van der Waals surface area contributed by atoms with E-state index in [1.807, 2.05) is 0 Å². The molecule has 0 saturated heterocycles. The van der Waals surface area contributed by atoms with E-state index in [1.165, 1.54) is 18.2 Å². The van der Waals surface area contributed by atoms with Gasteiger partial charge < -0.3 is 19.3 Å². The first-order valence-electron chi connectivity index (χ1n) is 4.03. The summed E-state index contributed by atoms with van der Waals surface area (Å²) in [6, 6.07) is 4.16. The molecule has 2 rings (SSSR count). The third-order valence-electron chi connectivity index (χ3n) is 1.86. The van der Waals surface area contributed by atoms with Gasteiger partial charge in [0.2, 0.25) is 0 Å². The highest BCUT2D eigenvalue weighted by atomic mass is 31.2. The molecule has 1 aliphatic heterocycles. The molecule has 0 aliphatic carbocycles. The highest BCUT2D eigenvalue weighted by Gasteiger charge is 2.20. The average molecular weight is 216 g/mol. The molecule has 5 nitrogen and oxygen atoms in total. The summed E-state index contributed by atoms with van der Waals surface area (Å²) in [7, 11) is -4.20. The third-order valence-corrected chi connectivity index (χ3v) is 2.81. The molecule has 0 unspecified atom stereocenters. The molecule has 6 heteroatoms. The normalized spacial score (nSPS) is 15.3. The lowest BCUT2D eigenvalue weighted by Gasteiger charge is -2.18. The van der Waals surface area contributed by atoms with Crippen molar-refractivity contribution in [3.05, 3.63) is 18.2 Å². The van der Waals surface area contributed by atoms with E-state index < -0.39 is 7.60 Å². The molecule has 0 saturated carbocycles. The van der Waals surface area contributed by atoms with Crippen molar-refractivity contribution in [3.63, 3.8) is 0 Å². The second kappa shape index (κ2) is 3.28.